The van der Waals surface area contributed by atoms with Crippen molar-refractivity contribution in [2.24, 2.45) is 0 Å². The third-order valence-electron chi connectivity index (χ3n) is 4.74. The highest BCUT2D eigenvalue weighted by Crippen LogP contribution is 2.45. The maximum Gasteiger partial charge on any atom is 0.229 e. The number of ether oxygens (including phenoxy) is 1. The van der Waals surface area contributed by atoms with E-state index in [4.69, 9.17) is 17.0 Å². The number of nitrogens with zero attached hydrogens (tertiary/aromatic N) is 2. The standard InChI is InChI=1S/C20H19BrN4O3S3/c1-28-15-7-6-12(11-14(15)24-31(2,26)27)25-19(16-8-9-17(21)30-16)18(23-20(25)29)13-5-3-4-10-22-13/h3-11,18-19,24H,1-2H3,(H,23,29)/t18-,19-/m0/s1. The van der Waals surface area contributed by atoms with Crippen molar-refractivity contribution in [3.8, 4) is 5.75 Å². The molecule has 0 spiro atoms. The molecule has 3 aromatic rings. The Kier molecular flexibility index (Phi) is 6.20. The highest BCUT2D eigenvalue weighted by Gasteiger charge is 2.41. The number of nitrogens with one attached hydrogen (secondary N) is 2. The van der Waals surface area contributed by atoms with E-state index in [1.807, 2.05) is 35.2 Å². The van der Waals surface area contributed by atoms with Gasteiger partial charge in [-0.3, -0.25) is 9.71 Å². The molecule has 4 rings (SSSR count). The van der Waals surface area contributed by atoms with E-state index in [1.165, 1.54) is 7.11 Å². The molecule has 2 N–H and O–H groups in total. The number of pyridine rings is 1. The molecule has 0 amide bonds. The molecule has 31 heavy (non-hydrogen) atoms. The monoisotopic (exact) mass is 538 g/mol. The predicted molar refractivity (Wildman–Crippen MR) is 131 cm³/mol. The largest absolute Gasteiger partial charge is 0.495 e. The molecule has 1 saturated heterocycles. The highest BCUT2D eigenvalue weighted by atomic mass is 79.9. The molecule has 2 atom stereocenters. The number of hydrogen-bond acceptors (Lipinski definition) is 6. The average molecular weight is 540 g/mol. The second-order valence-corrected chi connectivity index (χ2v) is 11.5. The summed E-state index contributed by atoms with van der Waals surface area (Å²) in [6, 6.07) is 14.8. The van der Waals surface area contributed by atoms with Crippen LogP contribution >= 0.6 is 39.5 Å². The lowest BCUT2D eigenvalue weighted by atomic mass is 10.0. The van der Waals surface area contributed by atoms with Gasteiger partial charge in [0.15, 0.2) is 5.11 Å². The van der Waals surface area contributed by atoms with Crippen LogP contribution in [0.1, 0.15) is 22.7 Å². The summed E-state index contributed by atoms with van der Waals surface area (Å²) in [5.41, 5.74) is 1.94. The Balaban J connectivity index is 1.82. The quantitative estimate of drug-likeness (QED) is 0.448. The van der Waals surface area contributed by atoms with E-state index in [0.717, 1.165) is 26.3 Å². The molecule has 0 radical (unpaired) electrons. The van der Waals surface area contributed by atoms with Gasteiger partial charge in [-0.05, 0) is 70.6 Å². The van der Waals surface area contributed by atoms with E-state index >= 15 is 0 Å². The minimum atomic E-state index is -3.49. The second-order valence-electron chi connectivity index (χ2n) is 6.90. The van der Waals surface area contributed by atoms with Crippen molar-refractivity contribution >= 4 is 66.0 Å². The summed E-state index contributed by atoms with van der Waals surface area (Å²) in [5, 5.41) is 3.92. The van der Waals surface area contributed by atoms with E-state index < -0.39 is 10.0 Å². The van der Waals surface area contributed by atoms with Crippen LogP contribution in [-0.2, 0) is 10.0 Å². The Morgan fingerprint density at radius 1 is 1.26 bits per heavy atom. The number of halogens is 1. The number of aromatic nitrogens is 1. The molecule has 0 saturated carbocycles. The fourth-order valence-corrected chi connectivity index (χ4v) is 5.99. The van der Waals surface area contributed by atoms with Gasteiger partial charge in [-0.15, -0.1) is 11.3 Å². The van der Waals surface area contributed by atoms with Crippen LogP contribution in [0.25, 0.3) is 0 Å². The first-order valence-electron chi connectivity index (χ1n) is 9.18. The Bertz CT molecular complexity index is 1220. The van der Waals surface area contributed by atoms with Crippen LogP contribution in [0.2, 0.25) is 0 Å². The average Bonchev–Trinajstić information content (AvgIpc) is 3.30. The van der Waals surface area contributed by atoms with Crippen LogP contribution in [0, 0.1) is 0 Å². The maximum atomic E-state index is 11.9. The van der Waals surface area contributed by atoms with Gasteiger partial charge in [0.1, 0.15) is 5.75 Å². The van der Waals surface area contributed by atoms with Crippen LogP contribution in [0.3, 0.4) is 0 Å². The van der Waals surface area contributed by atoms with E-state index in [9.17, 15) is 8.42 Å². The van der Waals surface area contributed by atoms with Crippen molar-refractivity contribution in [1.29, 1.82) is 0 Å². The van der Waals surface area contributed by atoms with E-state index in [-0.39, 0.29) is 12.1 Å². The Hall–Kier alpha value is -2.21. The lowest BCUT2D eigenvalue weighted by Crippen LogP contribution is -2.29. The highest BCUT2D eigenvalue weighted by molar-refractivity contribution is 9.11. The topological polar surface area (TPSA) is 83.6 Å². The summed E-state index contributed by atoms with van der Waals surface area (Å²) in [5.74, 6) is 0.420. The van der Waals surface area contributed by atoms with Gasteiger partial charge < -0.3 is 15.0 Å². The SMILES string of the molecule is COc1ccc(N2C(=S)N[C@@H](c3ccccn3)[C@@H]2c2ccc(Br)s2)cc1NS(C)(=O)=O. The molecule has 1 aliphatic rings. The zero-order chi connectivity index (χ0) is 22.2. The normalized spacial score (nSPS) is 18.7. The third-order valence-corrected chi connectivity index (χ3v) is 7.34. The predicted octanol–water partition coefficient (Wildman–Crippen LogP) is 4.46. The Morgan fingerprint density at radius 2 is 2.06 bits per heavy atom. The summed E-state index contributed by atoms with van der Waals surface area (Å²) in [6.45, 7) is 0. The van der Waals surface area contributed by atoms with Crippen LogP contribution < -0.4 is 19.7 Å². The van der Waals surface area contributed by atoms with Crippen LogP contribution in [0.15, 0.2) is 58.5 Å². The van der Waals surface area contributed by atoms with Gasteiger partial charge in [0.2, 0.25) is 10.0 Å². The van der Waals surface area contributed by atoms with Crippen LogP contribution in [0.5, 0.6) is 5.75 Å². The first kappa shape index (κ1) is 22.0. The van der Waals surface area contributed by atoms with Crippen molar-refractivity contribution in [3.05, 3.63) is 69.1 Å². The minimum absolute atomic E-state index is 0.168. The molecule has 1 aromatic carbocycles. The number of anilines is 2. The van der Waals surface area contributed by atoms with E-state index in [1.54, 1.807) is 29.7 Å². The Labute approximate surface area is 198 Å². The van der Waals surface area contributed by atoms with Gasteiger partial charge in [0.05, 0.1) is 40.6 Å². The van der Waals surface area contributed by atoms with Gasteiger partial charge in [-0.2, -0.15) is 0 Å². The van der Waals surface area contributed by atoms with E-state index in [0.29, 0.717) is 16.5 Å². The zero-order valence-electron chi connectivity index (χ0n) is 16.6. The molecule has 0 aliphatic carbocycles. The van der Waals surface area contributed by atoms with Gasteiger partial charge in [0, 0.05) is 16.8 Å². The molecule has 1 aliphatic heterocycles. The van der Waals surface area contributed by atoms with Crippen molar-refractivity contribution < 1.29 is 13.2 Å². The molecule has 2 aromatic heterocycles. The number of benzene rings is 1. The van der Waals surface area contributed by atoms with Crippen LogP contribution in [-0.4, -0.2) is 31.9 Å². The lowest BCUT2D eigenvalue weighted by Gasteiger charge is -2.27. The third kappa shape index (κ3) is 4.69. The van der Waals surface area contributed by atoms with Crippen molar-refractivity contribution in [2.75, 3.05) is 23.0 Å². The van der Waals surface area contributed by atoms with Crippen molar-refractivity contribution in [2.45, 2.75) is 12.1 Å². The number of thiophene rings is 1. The smallest absolute Gasteiger partial charge is 0.229 e. The molecular formula is C20H19BrN4O3S3. The van der Waals surface area contributed by atoms with Gasteiger partial charge in [-0.1, -0.05) is 6.07 Å². The number of hydrogen-bond donors (Lipinski definition) is 2. The first-order valence-corrected chi connectivity index (χ1v) is 13.1. The lowest BCUT2D eigenvalue weighted by molar-refractivity contribution is 0.417. The summed E-state index contributed by atoms with van der Waals surface area (Å²) in [7, 11) is -2.00. The fraction of sp³-hybridized carbons (Fsp3) is 0.200. The molecule has 3 heterocycles. The van der Waals surface area contributed by atoms with Crippen LogP contribution in [0.4, 0.5) is 11.4 Å². The van der Waals surface area contributed by atoms with Gasteiger partial charge in [0.25, 0.3) is 0 Å². The number of sulfonamides is 1. The zero-order valence-corrected chi connectivity index (χ0v) is 20.6. The number of thiocarbonyl (C=S) groups is 1. The maximum absolute atomic E-state index is 11.9. The summed E-state index contributed by atoms with van der Waals surface area (Å²) in [4.78, 5) is 7.60. The molecule has 1 fully saturated rings. The molecule has 162 valence electrons. The van der Waals surface area contributed by atoms with Crippen molar-refractivity contribution in [1.82, 2.24) is 10.3 Å². The van der Waals surface area contributed by atoms with E-state index in [2.05, 4.69) is 37.0 Å². The minimum Gasteiger partial charge on any atom is -0.495 e. The molecule has 0 unspecified atom stereocenters. The van der Waals surface area contributed by atoms with Gasteiger partial charge >= 0.3 is 0 Å². The second kappa shape index (κ2) is 8.73. The number of methoxy groups -OCH3 is 1. The van der Waals surface area contributed by atoms with Gasteiger partial charge in [-0.25, -0.2) is 8.42 Å². The molecular weight excluding hydrogens is 520 g/mol. The molecule has 0 bridgehead atoms. The summed E-state index contributed by atoms with van der Waals surface area (Å²) >= 11 is 10.9. The van der Waals surface area contributed by atoms with Crippen molar-refractivity contribution in [3.63, 3.8) is 0 Å². The molecule has 7 nitrogen and oxygen atoms in total. The fourth-order valence-electron chi connectivity index (χ4n) is 3.53. The summed E-state index contributed by atoms with van der Waals surface area (Å²) < 4.78 is 32.6. The number of rotatable bonds is 6. The Morgan fingerprint density at radius 3 is 2.68 bits per heavy atom. The first-order chi connectivity index (χ1) is 14.8. The molecule has 11 heteroatoms. The summed E-state index contributed by atoms with van der Waals surface area (Å²) in [6.07, 6.45) is 2.86.